The number of hydrogen-bond acceptors (Lipinski definition) is 4. The van der Waals surface area contributed by atoms with Crippen LogP contribution in [0.5, 0.6) is 0 Å². The number of carboxylic acid groups (broad SMARTS) is 1. The fourth-order valence-corrected chi connectivity index (χ4v) is 1.08. The highest BCUT2D eigenvalue weighted by Gasteiger charge is 2.20. The second kappa shape index (κ2) is 3.47. The zero-order valence-electron chi connectivity index (χ0n) is 7.57. The lowest BCUT2D eigenvalue weighted by molar-refractivity contribution is 0.0695. The molecule has 1 heterocycles. The first-order valence-electron chi connectivity index (χ1n) is 3.99. The topological polar surface area (TPSA) is 89.4 Å². The number of carbonyl (C=O) groups is 1. The Labute approximate surface area is 75.5 Å². The highest BCUT2D eigenvalue weighted by molar-refractivity contribution is 5.93. The Balaban J connectivity index is 3.00. The Kier molecular flexibility index (Phi) is 2.55. The van der Waals surface area contributed by atoms with Crippen molar-refractivity contribution in [3.8, 4) is 0 Å². The quantitative estimate of drug-likeness (QED) is 0.735. The van der Waals surface area contributed by atoms with Gasteiger partial charge in [-0.3, -0.25) is 0 Å². The van der Waals surface area contributed by atoms with Gasteiger partial charge in [0.1, 0.15) is 5.56 Å². The first-order chi connectivity index (χ1) is 6.02. The number of carboxylic acids is 1. The van der Waals surface area contributed by atoms with Gasteiger partial charge in [-0.05, 0) is 5.92 Å². The standard InChI is InChI=1S/C8H12N2O3/c1-4(2)3-5-6(8(11)12)7(9)10-13-5/h4H,3H2,1-2H3,(H2,9,10)(H,11,12). The Morgan fingerprint density at radius 2 is 2.31 bits per heavy atom. The van der Waals surface area contributed by atoms with Gasteiger partial charge in [0.05, 0.1) is 0 Å². The molecule has 3 N–H and O–H groups in total. The zero-order valence-corrected chi connectivity index (χ0v) is 7.57. The summed E-state index contributed by atoms with van der Waals surface area (Å²) in [5.74, 6) is -0.483. The minimum Gasteiger partial charge on any atom is -0.477 e. The summed E-state index contributed by atoms with van der Waals surface area (Å²) in [6, 6.07) is 0. The van der Waals surface area contributed by atoms with Crippen LogP contribution < -0.4 is 5.73 Å². The van der Waals surface area contributed by atoms with Crippen LogP contribution in [0.25, 0.3) is 0 Å². The molecule has 0 unspecified atom stereocenters. The first kappa shape index (κ1) is 9.57. The second-order valence-corrected chi connectivity index (χ2v) is 3.27. The van der Waals surface area contributed by atoms with Crippen molar-refractivity contribution in [2.24, 2.45) is 5.92 Å². The van der Waals surface area contributed by atoms with E-state index in [0.717, 1.165) is 0 Å². The lowest BCUT2D eigenvalue weighted by Gasteiger charge is -2.00. The SMILES string of the molecule is CC(C)Cc1onc(N)c1C(=O)O. The monoisotopic (exact) mass is 184 g/mol. The number of nitrogens with two attached hydrogens (primary N) is 1. The van der Waals surface area contributed by atoms with Crippen LogP contribution in [-0.2, 0) is 6.42 Å². The van der Waals surface area contributed by atoms with Crippen LogP contribution in [0.2, 0.25) is 0 Å². The van der Waals surface area contributed by atoms with E-state index in [4.69, 9.17) is 15.4 Å². The molecular weight excluding hydrogens is 172 g/mol. The van der Waals surface area contributed by atoms with Crippen molar-refractivity contribution < 1.29 is 14.4 Å². The maximum absolute atomic E-state index is 10.7. The summed E-state index contributed by atoms with van der Waals surface area (Å²) in [7, 11) is 0. The van der Waals surface area contributed by atoms with E-state index in [1.54, 1.807) is 0 Å². The van der Waals surface area contributed by atoms with Gasteiger partial charge in [0, 0.05) is 6.42 Å². The van der Waals surface area contributed by atoms with Gasteiger partial charge in [0.15, 0.2) is 11.6 Å². The summed E-state index contributed by atoms with van der Waals surface area (Å²) >= 11 is 0. The molecule has 0 bridgehead atoms. The summed E-state index contributed by atoms with van der Waals surface area (Å²) in [5.41, 5.74) is 5.33. The third kappa shape index (κ3) is 1.99. The van der Waals surface area contributed by atoms with Gasteiger partial charge in [0.25, 0.3) is 0 Å². The van der Waals surface area contributed by atoms with Gasteiger partial charge in [-0.15, -0.1) is 0 Å². The minimum atomic E-state index is -1.09. The molecule has 0 aromatic carbocycles. The Morgan fingerprint density at radius 3 is 2.77 bits per heavy atom. The average molecular weight is 184 g/mol. The molecule has 1 aromatic heterocycles. The highest BCUT2D eigenvalue weighted by Crippen LogP contribution is 2.19. The zero-order chi connectivity index (χ0) is 10.0. The van der Waals surface area contributed by atoms with Crippen LogP contribution >= 0.6 is 0 Å². The van der Waals surface area contributed by atoms with Crippen LogP contribution in [0.15, 0.2) is 4.52 Å². The fourth-order valence-electron chi connectivity index (χ4n) is 1.08. The van der Waals surface area contributed by atoms with E-state index in [0.29, 0.717) is 18.1 Å². The maximum atomic E-state index is 10.7. The molecule has 0 spiro atoms. The summed E-state index contributed by atoms with van der Waals surface area (Å²) in [6.45, 7) is 3.93. The molecule has 0 fully saturated rings. The number of aromatic nitrogens is 1. The van der Waals surface area contributed by atoms with Crippen molar-refractivity contribution in [3.05, 3.63) is 11.3 Å². The number of nitrogen functional groups attached to an aromatic ring is 1. The molecule has 5 heteroatoms. The van der Waals surface area contributed by atoms with Gasteiger partial charge in [-0.2, -0.15) is 0 Å². The molecule has 0 aliphatic rings. The largest absolute Gasteiger partial charge is 0.477 e. The van der Waals surface area contributed by atoms with E-state index in [-0.39, 0.29) is 11.4 Å². The van der Waals surface area contributed by atoms with Gasteiger partial charge in [0.2, 0.25) is 0 Å². The molecule has 0 atom stereocenters. The number of hydrogen-bond donors (Lipinski definition) is 2. The molecule has 0 aliphatic heterocycles. The molecule has 1 rings (SSSR count). The van der Waals surface area contributed by atoms with Crippen molar-refractivity contribution in [3.63, 3.8) is 0 Å². The van der Waals surface area contributed by atoms with Gasteiger partial charge < -0.3 is 15.4 Å². The predicted molar refractivity (Wildman–Crippen MR) is 46.4 cm³/mol. The van der Waals surface area contributed by atoms with Crippen LogP contribution in [0.4, 0.5) is 5.82 Å². The van der Waals surface area contributed by atoms with E-state index in [1.807, 2.05) is 13.8 Å². The van der Waals surface area contributed by atoms with E-state index in [9.17, 15) is 4.79 Å². The lowest BCUT2D eigenvalue weighted by atomic mass is 10.1. The van der Waals surface area contributed by atoms with Crippen molar-refractivity contribution in [2.45, 2.75) is 20.3 Å². The Hall–Kier alpha value is -1.52. The number of aromatic carboxylic acids is 1. The predicted octanol–water partition coefficient (Wildman–Crippen LogP) is 1.15. The van der Waals surface area contributed by atoms with E-state index < -0.39 is 5.97 Å². The van der Waals surface area contributed by atoms with Crippen LogP contribution in [-0.4, -0.2) is 16.2 Å². The summed E-state index contributed by atoms with van der Waals surface area (Å²) in [5, 5.41) is 12.2. The number of rotatable bonds is 3. The highest BCUT2D eigenvalue weighted by atomic mass is 16.5. The van der Waals surface area contributed by atoms with Gasteiger partial charge in [-0.1, -0.05) is 19.0 Å². The molecule has 0 radical (unpaired) electrons. The van der Waals surface area contributed by atoms with Gasteiger partial charge in [-0.25, -0.2) is 4.79 Å². The molecule has 0 amide bonds. The third-order valence-electron chi connectivity index (χ3n) is 1.60. The molecule has 0 saturated carbocycles. The first-order valence-corrected chi connectivity index (χ1v) is 3.99. The normalized spacial score (nSPS) is 10.7. The van der Waals surface area contributed by atoms with Crippen molar-refractivity contribution in [1.82, 2.24) is 5.16 Å². The van der Waals surface area contributed by atoms with E-state index >= 15 is 0 Å². The van der Waals surface area contributed by atoms with Crippen molar-refractivity contribution in [2.75, 3.05) is 5.73 Å². The molecule has 13 heavy (non-hydrogen) atoms. The molecule has 0 aliphatic carbocycles. The van der Waals surface area contributed by atoms with Crippen LogP contribution in [0, 0.1) is 5.92 Å². The summed E-state index contributed by atoms with van der Waals surface area (Å²) in [6.07, 6.45) is 0.534. The van der Waals surface area contributed by atoms with Crippen molar-refractivity contribution in [1.29, 1.82) is 0 Å². The summed E-state index contributed by atoms with van der Waals surface area (Å²) < 4.78 is 4.81. The Bertz CT molecular complexity index is 317. The maximum Gasteiger partial charge on any atom is 0.343 e. The number of nitrogens with zero attached hydrogens (tertiary/aromatic N) is 1. The number of anilines is 1. The summed E-state index contributed by atoms with van der Waals surface area (Å²) in [4.78, 5) is 10.7. The molecule has 72 valence electrons. The van der Waals surface area contributed by atoms with E-state index in [1.165, 1.54) is 0 Å². The Morgan fingerprint density at radius 1 is 1.69 bits per heavy atom. The lowest BCUT2D eigenvalue weighted by Crippen LogP contribution is -2.05. The second-order valence-electron chi connectivity index (χ2n) is 3.27. The average Bonchev–Trinajstić information content (AvgIpc) is 2.30. The fraction of sp³-hybridized carbons (Fsp3) is 0.500. The minimum absolute atomic E-state index is 0.00583. The smallest absolute Gasteiger partial charge is 0.343 e. The molecule has 1 aromatic rings. The van der Waals surface area contributed by atoms with Crippen LogP contribution in [0.1, 0.15) is 30.0 Å². The van der Waals surface area contributed by atoms with Crippen LogP contribution in [0.3, 0.4) is 0 Å². The third-order valence-corrected chi connectivity index (χ3v) is 1.60. The van der Waals surface area contributed by atoms with Crippen molar-refractivity contribution >= 4 is 11.8 Å². The molecular formula is C8H12N2O3. The molecule has 5 nitrogen and oxygen atoms in total. The van der Waals surface area contributed by atoms with Gasteiger partial charge >= 0.3 is 5.97 Å². The van der Waals surface area contributed by atoms with E-state index in [2.05, 4.69) is 5.16 Å². The molecule has 0 saturated heterocycles.